The molecule has 0 radical (unpaired) electrons. The average molecular weight is 307 g/mol. The molecule has 1 N–H and O–H groups in total. The van der Waals surface area contributed by atoms with Crippen LogP contribution < -0.4 is 0 Å². The number of nitrogens with zero attached hydrogens (tertiary/aromatic N) is 3. The topological polar surface area (TPSA) is 68.0 Å². The molecule has 0 aliphatic carbocycles. The van der Waals surface area contributed by atoms with Gasteiger partial charge in [-0.15, -0.1) is 5.10 Å². The van der Waals surface area contributed by atoms with Gasteiger partial charge in [0.05, 0.1) is 5.69 Å². The van der Waals surface area contributed by atoms with E-state index < -0.39 is 5.97 Å². The fourth-order valence-corrected chi connectivity index (χ4v) is 2.69. The molecule has 5 heteroatoms. The second-order valence-electron chi connectivity index (χ2n) is 5.66. The Hall–Kier alpha value is -2.95. The Morgan fingerprint density at radius 3 is 2.43 bits per heavy atom. The van der Waals surface area contributed by atoms with Crippen LogP contribution in [0.4, 0.5) is 0 Å². The van der Waals surface area contributed by atoms with Crippen molar-refractivity contribution in [3.8, 4) is 16.9 Å². The summed E-state index contributed by atoms with van der Waals surface area (Å²) in [5.41, 5.74) is 5.26. The molecule has 116 valence electrons. The zero-order valence-electron chi connectivity index (χ0n) is 13.2. The van der Waals surface area contributed by atoms with Crippen LogP contribution >= 0.6 is 0 Å². The minimum Gasteiger partial charge on any atom is -0.476 e. The quantitative estimate of drug-likeness (QED) is 0.803. The maximum atomic E-state index is 11.5. The van der Waals surface area contributed by atoms with Crippen molar-refractivity contribution in [2.75, 3.05) is 0 Å². The minimum atomic E-state index is -1.09. The zero-order valence-corrected chi connectivity index (χ0v) is 13.2. The molecule has 1 aromatic heterocycles. The molecule has 0 aliphatic rings. The summed E-state index contributed by atoms with van der Waals surface area (Å²) in [7, 11) is 0. The highest BCUT2D eigenvalue weighted by Crippen LogP contribution is 2.27. The van der Waals surface area contributed by atoms with Crippen LogP contribution in [0.2, 0.25) is 0 Å². The molecule has 5 nitrogen and oxygen atoms in total. The molecule has 1 heterocycles. The lowest BCUT2D eigenvalue weighted by molar-refractivity contribution is 0.0691. The van der Waals surface area contributed by atoms with Gasteiger partial charge in [-0.2, -0.15) is 0 Å². The summed E-state index contributed by atoms with van der Waals surface area (Å²) < 4.78 is 1.60. The van der Waals surface area contributed by atoms with Crippen molar-refractivity contribution in [1.82, 2.24) is 15.0 Å². The number of aromatic carboxylic acids is 1. The van der Waals surface area contributed by atoms with Crippen LogP contribution in [0.1, 0.15) is 27.2 Å². The van der Waals surface area contributed by atoms with Gasteiger partial charge in [-0.25, -0.2) is 9.48 Å². The number of hydrogen-bond acceptors (Lipinski definition) is 3. The zero-order chi connectivity index (χ0) is 16.6. The van der Waals surface area contributed by atoms with Crippen LogP contribution in [0.3, 0.4) is 0 Å². The molecule has 0 atom stereocenters. The summed E-state index contributed by atoms with van der Waals surface area (Å²) in [5.74, 6) is -1.09. The largest absolute Gasteiger partial charge is 0.476 e. The van der Waals surface area contributed by atoms with Gasteiger partial charge in [0, 0.05) is 5.56 Å². The minimum absolute atomic E-state index is 0.0458. The monoisotopic (exact) mass is 307 g/mol. The van der Waals surface area contributed by atoms with Gasteiger partial charge in [0.1, 0.15) is 5.69 Å². The first-order valence-corrected chi connectivity index (χ1v) is 7.31. The molecule has 3 aromatic rings. The number of benzene rings is 2. The van der Waals surface area contributed by atoms with Crippen LogP contribution in [0.5, 0.6) is 0 Å². The summed E-state index contributed by atoms with van der Waals surface area (Å²) in [6.07, 6.45) is 0. The van der Waals surface area contributed by atoms with Crippen molar-refractivity contribution in [2.24, 2.45) is 0 Å². The molecule has 0 unspecified atom stereocenters. The lowest BCUT2D eigenvalue weighted by Crippen LogP contribution is -2.04. The van der Waals surface area contributed by atoms with E-state index in [9.17, 15) is 9.90 Å². The van der Waals surface area contributed by atoms with Crippen molar-refractivity contribution in [3.05, 3.63) is 64.8 Å². The van der Waals surface area contributed by atoms with Gasteiger partial charge in [0.15, 0.2) is 5.69 Å². The first-order chi connectivity index (χ1) is 11.0. The Morgan fingerprint density at radius 1 is 1.04 bits per heavy atom. The van der Waals surface area contributed by atoms with E-state index >= 15 is 0 Å². The summed E-state index contributed by atoms with van der Waals surface area (Å²) in [6, 6.07) is 13.6. The summed E-state index contributed by atoms with van der Waals surface area (Å²) in [6.45, 7) is 5.96. The van der Waals surface area contributed by atoms with Gasteiger partial charge in [0.2, 0.25) is 0 Å². The first-order valence-electron chi connectivity index (χ1n) is 7.31. The van der Waals surface area contributed by atoms with E-state index in [4.69, 9.17) is 0 Å². The molecule has 23 heavy (non-hydrogen) atoms. The van der Waals surface area contributed by atoms with Crippen molar-refractivity contribution in [3.63, 3.8) is 0 Å². The van der Waals surface area contributed by atoms with E-state index in [0.717, 1.165) is 27.9 Å². The van der Waals surface area contributed by atoms with Crippen molar-refractivity contribution in [1.29, 1.82) is 0 Å². The van der Waals surface area contributed by atoms with E-state index in [1.54, 1.807) is 4.68 Å². The van der Waals surface area contributed by atoms with Crippen LogP contribution in [0.25, 0.3) is 16.9 Å². The highest BCUT2D eigenvalue weighted by molar-refractivity contribution is 5.93. The van der Waals surface area contributed by atoms with E-state index in [1.807, 2.05) is 63.2 Å². The molecule has 0 spiro atoms. The number of aromatic nitrogens is 3. The predicted molar refractivity (Wildman–Crippen MR) is 88.0 cm³/mol. The van der Waals surface area contributed by atoms with Gasteiger partial charge >= 0.3 is 5.97 Å². The summed E-state index contributed by atoms with van der Waals surface area (Å²) in [5, 5.41) is 17.4. The highest BCUT2D eigenvalue weighted by Gasteiger charge is 2.22. The number of carboxylic acid groups (broad SMARTS) is 1. The van der Waals surface area contributed by atoms with Crippen LogP contribution in [-0.2, 0) is 0 Å². The van der Waals surface area contributed by atoms with E-state index in [2.05, 4.69) is 10.3 Å². The molecule has 0 fully saturated rings. The fraction of sp³-hybridized carbons (Fsp3) is 0.167. The van der Waals surface area contributed by atoms with Crippen molar-refractivity contribution >= 4 is 5.97 Å². The molecule has 0 amide bonds. The Bertz CT molecular complexity index is 897. The van der Waals surface area contributed by atoms with Crippen LogP contribution in [0, 0.1) is 20.8 Å². The highest BCUT2D eigenvalue weighted by atomic mass is 16.4. The number of carbonyl (C=O) groups is 1. The normalized spacial score (nSPS) is 10.7. The van der Waals surface area contributed by atoms with Gasteiger partial charge in [-0.1, -0.05) is 46.7 Å². The maximum absolute atomic E-state index is 11.5. The lowest BCUT2D eigenvalue weighted by atomic mass is 10.1. The number of hydrogen-bond donors (Lipinski definition) is 1. The van der Waals surface area contributed by atoms with Crippen LogP contribution in [-0.4, -0.2) is 26.1 Å². The average Bonchev–Trinajstić information content (AvgIpc) is 2.92. The Balaban J connectivity index is 2.28. The number of carboxylic acids is 1. The Morgan fingerprint density at radius 2 is 1.78 bits per heavy atom. The number of rotatable bonds is 3. The third-order valence-electron chi connectivity index (χ3n) is 3.74. The fourth-order valence-electron chi connectivity index (χ4n) is 2.69. The molecule has 2 aromatic carbocycles. The Labute approximate surface area is 134 Å². The molecule has 0 saturated carbocycles. The number of aryl methyl sites for hydroxylation is 3. The second-order valence-corrected chi connectivity index (χ2v) is 5.66. The maximum Gasteiger partial charge on any atom is 0.358 e. The van der Waals surface area contributed by atoms with E-state index in [-0.39, 0.29) is 5.69 Å². The lowest BCUT2D eigenvalue weighted by Gasteiger charge is -2.11. The summed E-state index contributed by atoms with van der Waals surface area (Å²) >= 11 is 0. The van der Waals surface area contributed by atoms with Gasteiger partial charge in [0.25, 0.3) is 0 Å². The second kappa shape index (κ2) is 5.68. The third-order valence-corrected chi connectivity index (χ3v) is 3.74. The van der Waals surface area contributed by atoms with E-state index in [0.29, 0.717) is 5.69 Å². The third kappa shape index (κ3) is 2.73. The Kier molecular flexibility index (Phi) is 3.70. The SMILES string of the molecule is Cc1cccc(-c2c(C(=O)O)nnn2-c2ccc(C)cc2C)c1. The molecule has 0 saturated heterocycles. The molecular weight excluding hydrogens is 290 g/mol. The molecule has 3 rings (SSSR count). The molecular formula is C18H17N3O2. The van der Waals surface area contributed by atoms with Crippen molar-refractivity contribution < 1.29 is 9.90 Å². The van der Waals surface area contributed by atoms with Crippen LogP contribution in [0.15, 0.2) is 42.5 Å². The van der Waals surface area contributed by atoms with Gasteiger partial charge in [-0.05, 0) is 38.5 Å². The van der Waals surface area contributed by atoms with E-state index in [1.165, 1.54) is 0 Å². The van der Waals surface area contributed by atoms with Crippen molar-refractivity contribution in [2.45, 2.75) is 20.8 Å². The predicted octanol–water partition coefficient (Wildman–Crippen LogP) is 3.56. The smallest absolute Gasteiger partial charge is 0.358 e. The van der Waals surface area contributed by atoms with Gasteiger partial charge < -0.3 is 5.11 Å². The van der Waals surface area contributed by atoms with Gasteiger partial charge in [-0.3, -0.25) is 0 Å². The summed E-state index contributed by atoms with van der Waals surface area (Å²) in [4.78, 5) is 11.5. The molecule has 0 aliphatic heterocycles. The first kappa shape index (κ1) is 15.0. The molecule has 0 bridgehead atoms. The standard InChI is InChI=1S/C18H17N3O2/c1-11-5-4-6-14(10-11)17-16(18(22)23)19-20-21(17)15-8-7-12(2)9-13(15)3/h4-10H,1-3H3,(H,22,23).